The lowest BCUT2D eigenvalue weighted by atomic mass is 9.55. The van der Waals surface area contributed by atoms with Crippen molar-refractivity contribution in [1.82, 2.24) is 10.2 Å². The number of likely N-dealkylation sites (N-methyl/N-ethyl adjacent to an activating group) is 1. The maximum atomic E-state index is 14.0. The predicted octanol–water partition coefficient (Wildman–Crippen LogP) is 7.68. The van der Waals surface area contributed by atoms with Crippen LogP contribution in [0.4, 0.5) is 4.79 Å². The fraction of sp³-hybridized carbons (Fsp3) is 0.468. The number of oxime groups is 1. The van der Waals surface area contributed by atoms with Crippen LogP contribution in [-0.4, -0.2) is 71.5 Å². The molecular formula is C47H57N3O8. The van der Waals surface area contributed by atoms with Crippen molar-refractivity contribution < 1.29 is 38.9 Å². The maximum Gasteiger partial charge on any atom is 0.412 e. The molecule has 2 amide bonds. The van der Waals surface area contributed by atoms with E-state index in [0.29, 0.717) is 37.3 Å². The van der Waals surface area contributed by atoms with Gasteiger partial charge in [-0.2, -0.15) is 0 Å². The molecule has 0 spiro atoms. The molecule has 11 nitrogen and oxygen atoms in total. The van der Waals surface area contributed by atoms with Gasteiger partial charge in [0.1, 0.15) is 24.1 Å². The molecule has 11 heteroatoms. The number of nitrogens with zero attached hydrogens (tertiary/aromatic N) is 2. The average molecular weight is 792 g/mol. The molecule has 0 unspecified atom stereocenters. The quantitative estimate of drug-likeness (QED) is 0.0639. The van der Waals surface area contributed by atoms with Crippen LogP contribution in [0.15, 0.2) is 108 Å². The normalized spacial score (nSPS) is 25.1. The Labute approximate surface area is 341 Å². The van der Waals surface area contributed by atoms with E-state index in [2.05, 4.69) is 18.0 Å². The van der Waals surface area contributed by atoms with E-state index < -0.39 is 23.8 Å². The number of amides is 2. The summed E-state index contributed by atoms with van der Waals surface area (Å²) in [5.41, 5.74) is 4.51. The molecule has 6 atom stereocenters. The summed E-state index contributed by atoms with van der Waals surface area (Å²) < 4.78 is 20.1. The number of nitrogens with one attached hydrogen (secondary N) is 1. The van der Waals surface area contributed by atoms with Crippen molar-refractivity contribution in [2.24, 2.45) is 28.8 Å². The Bertz CT molecular complexity index is 1930. The highest BCUT2D eigenvalue weighted by Crippen LogP contribution is 2.62. The van der Waals surface area contributed by atoms with Crippen molar-refractivity contribution in [3.8, 4) is 11.5 Å². The van der Waals surface area contributed by atoms with Crippen LogP contribution in [0.1, 0.15) is 80.4 Å². The molecule has 2 fully saturated rings. The van der Waals surface area contributed by atoms with Crippen LogP contribution < -0.4 is 14.8 Å². The Balaban J connectivity index is 1.35. The molecule has 0 saturated heterocycles. The number of aliphatic hydroxyl groups is 2. The first-order valence-electron chi connectivity index (χ1n) is 20.9. The van der Waals surface area contributed by atoms with Crippen molar-refractivity contribution in [3.05, 3.63) is 120 Å². The van der Waals surface area contributed by atoms with Crippen LogP contribution in [0.2, 0.25) is 0 Å². The van der Waals surface area contributed by atoms with Crippen LogP contribution >= 0.6 is 0 Å². The molecule has 3 aromatic carbocycles. The molecule has 7 rings (SSSR count). The second-order valence-corrected chi connectivity index (χ2v) is 16.0. The van der Waals surface area contributed by atoms with E-state index in [1.807, 2.05) is 84.7 Å². The van der Waals surface area contributed by atoms with Crippen molar-refractivity contribution in [3.63, 3.8) is 0 Å². The Morgan fingerprint density at radius 3 is 2.36 bits per heavy atom. The molecule has 58 heavy (non-hydrogen) atoms. The number of ether oxygens (including phenoxy) is 3. The number of fused-ring (bicyclic) bond motifs is 2. The minimum atomic E-state index is -1.32. The average Bonchev–Trinajstić information content (AvgIpc) is 4.10. The van der Waals surface area contributed by atoms with E-state index in [1.54, 1.807) is 12.1 Å². The molecule has 1 heterocycles. The summed E-state index contributed by atoms with van der Waals surface area (Å²) in [5.74, 6) is -0.883. The van der Waals surface area contributed by atoms with Crippen LogP contribution in [0.5, 0.6) is 11.5 Å². The molecule has 3 N–H and O–H groups in total. The molecule has 0 radical (unpaired) electrons. The molecular weight excluding hydrogens is 735 g/mol. The van der Waals surface area contributed by atoms with Crippen molar-refractivity contribution in [1.29, 1.82) is 0 Å². The number of benzene rings is 3. The van der Waals surface area contributed by atoms with Gasteiger partial charge in [0.2, 0.25) is 11.7 Å². The van der Waals surface area contributed by atoms with E-state index in [-0.39, 0.29) is 56.0 Å². The predicted molar refractivity (Wildman–Crippen MR) is 221 cm³/mol. The first-order valence-corrected chi connectivity index (χ1v) is 20.9. The van der Waals surface area contributed by atoms with E-state index in [4.69, 9.17) is 24.2 Å². The van der Waals surface area contributed by atoms with E-state index >= 15 is 0 Å². The highest BCUT2D eigenvalue weighted by Gasteiger charge is 2.65. The molecule has 3 aromatic rings. The highest BCUT2D eigenvalue weighted by molar-refractivity contribution is 6.03. The summed E-state index contributed by atoms with van der Waals surface area (Å²) in [5, 5.41) is 27.5. The second-order valence-electron chi connectivity index (χ2n) is 16.0. The molecule has 1 aliphatic heterocycles. The first-order chi connectivity index (χ1) is 28.4. The molecule has 0 bridgehead atoms. The summed E-state index contributed by atoms with van der Waals surface area (Å²) in [6, 6.07) is 24.5. The van der Waals surface area contributed by atoms with Gasteiger partial charge in [0.15, 0.2) is 0 Å². The number of aliphatic hydroxyl groups excluding tert-OH is 2. The van der Waals surface area contributed by atoms with Gasteiger partial charge in [-0.1, -0.05) is 90.8 Å². The number of hydrogen-bond donors (Lipinski definition) is 3. The third kappa shape index (κ3) is 9.17. The number of unbranched alkanes of at least 4 members (excludes halogenated alkanes) is 2. The van der Waals surface area contributed by atoms with Gasteiger partial charge in [0.25, 0.3) is 0 Å². The van der Waals surface area contributed by atoms with Gasteiger partial charge in [-0.3, -0.25) is 4.79 Å². The summed E-state index contributed by atoms with van der Waals surface area (Å²) in [6.45, 7) is 4.98. The zero-order valence-corrected chi connectivity index (χ0v) is 33.5. The van der Waals surface area contributed by atoms with Crippen LogP contribution in [-0.2, 0) is 27.5 Å². The van der Waals surface area contributed by atoms with Crippen LogP contribution in [0.3, 0.4) is 0 Å². The lowest BCUT2D eigenvalue weighted by Crippen LogP contribution is -2.69. The highest BCUT2D eigenvalue weighted by atomic mass is 16.7. The van der Waals surface area contributed by atoms with Crippen LogP contribution in [0, 0.1) is 23.7 Å². The van der Waals surface area contributed by atoms with Gasteiger partial charge in [0, 0.05) is 50.6 Å². The Morgan fingerprint density at radius 1 is 0.966 bits per heavy atom. The lowest BCUT2D eigenvalue weighted by Gasteiger charge is -2.59. The molecule has 3 aliphatic carbocycles. The fourth-order valence-corrected chi connectivity index (χ4v) is 9.24. The minimum Gasteiger partial charge on any atom is -0.459 e. The van der Waals surface area contributed by atoms with Crippen LogP contribution in [0.25, 0.3) is 0 Å². The Hall–Kier alpha value is -4.97. The van der Waals surface area contributed by atoms with Crippen molar-refractivity contribution in [2.45, 2.75) is 88.7 Å². The monoisotopic (exact) mass is 791 g/mol. The Morgan fingerprint density at radius 2 is 1.67 bits per heavy atom. The SMILES string of the molecule is C=CCO[C@@]12Oc3ccc(OC(=O)NCc4ccccc4)cc3[C@H]3[C@H](CCCCO)[C@@H](CCCCO)C=C(C(=NOCc4ccccc4)C[C@@H]1N(C)C(=O)C1CC1)[C@H]32. The number of rotatable bonds is 19. The standard InChI is InChI=1S/C47H57N3O8/c1-3-26-55-47-42(50(2)45(53)34-20-21-34)29-40(49-56-31-33-16-8-5-9-17-33)38-27-35(18-10-12-24-51)37(19-11-13-25-52)43(44(38)47)39-28-36(22-23-41(39)58-47)57-46(54)48-30-32-14-6-4-7-15-32/h3-9,14-17,22-23,27-28,34-35,37,42-44,51-52H,1,10-13,18-21,24-26,29-31H2,2H3,(H,48,54)/t35-,37+,42-,43+,44+,47+/m0/s1. The van der Waals surface area contributed by atoms with Gasteiger partial charge < -0.3 is 39.5 Å². The molecule has 4 aliphatic rings. The van der Waals surface area contributed by atoms with Crippen molar-refractivity contribution in [2.75, 3.05) is 26.9 Å². The summed E-state index contributed by atoms with van der Waals surface area (Å²) in [4.78, 5) is 35.2. The number of carbonyl (C=O) groups is 2. The molecule has 308 valence electrons. The Kier molecular flexibility index (Phi) is 13.6. The molecule has 0 aromatic heterocycles. The van der Waals surface area contributed by atoms with E-state index in [1.165, 1.54) is 0 Å². The summed E-state index contributed by atoms with van der Waals surface area (Å²) in [7, 11) is 1.85. The lowest BCUT2D eigenvalue weighted by molar-refractivity contribution is -0.255. The minimum absolute atomic E-state index is 0.0407. The van der Waals surface area contributed by atoms with Gasteiger partial charge in [-0.15, -0.1) is 6.58 Å². The van der Waals surface area contributed by atoms with Gasteiger partial charge in [-0.05, 0) is 85.3 Å². The third-order valence-corrected chi connectivity index (χ3v) is 12.1. The fourth-order valence-electron chi connectivity index (χ4n) is 9.24. The second kappa shape index (κ2) is 19.2. The number of carbonyl (C=O) groups excluding carboxylic acids is 2. The van der Waals surface area contributed by atoms with Gasteiger partial charge in [0.05, 0.1) is 18.2 Å². The zero-order chi connectivity index (χ0) is 40.5. The van der Waals surface area contributed by atoms with Gasteiger partial charge in [-0.25, -0.2) is 4.79 Å². The maximum absolute atomic E-state index is 14.0. The largest absolute Gasteiger partial charge is 0.459 e. The van der Waals surface area contributed by atoms with E-state index in [9.17, 15) is 19.8 Å². The number of hydrogen-bond acceptors (Lipinski definition) is 9. The van der Waals surface area contributed by atoms with Crippen molar-refractivity contribution >= 4 is 17.7 Å². The zero-order valence-electron chi connectivity index (χ0n) is 33.5. The number of allylic oxidation sites excluding steroid dienone is 1. The topological polar surface area (TPSA) is 139 Å². The summed E-state index contributed by atoms with van der Waals surface area (Å²) >= 11 is 0. The van der Waals surface area contributed by atoms with E-state index in [0.717, 1.165) is 66.5 Å². The summed E-state index contributed by atoms with van der Waals surface area (Å²) in [6.07, 6.45) is 10.1. The van der Waals surface area contributed by atoms with Gasteiger partial charge >= 0.3 is 6.09 Å². The molecule has 2 saturated carbocycles. The first kappa shape index (κ1) is 41.2. The smallest absolute Gasteiger partial charge is 0.412 e. The third-order valence-electron chi connectivity index (χ3n) is 12.1.